The number of ether oxygens (including phenoxy) is 1. The molecular formula is C20H21F3N3O5+. The molecular weight excluding hydrogens is 419 g/mol. The van der Waals surface area contributed by atoms with Crippen molar-refractivity contribution in [3.05, 3.63) is 52.9 Å². The fourth-order valence-electron chi connectivity index (χ4n) is 2.51. The van der Waals surface area contributed by atoms with Gasteiger partial charge in [-0.1, -0.05) is 0 Å². The summed E-state index contributed by atoms with van der Waals surface area (Å²) in [4.78, 5) is 34.7. The number of alkyl halides is 3. The minimum atomic E-state index is -4.82. The van der Waals surface area contributed by atoms with E-state index in [-0.39, 0.29) is 16.4 Å². The smallest absolute Gasteiger partial charge is 0.423 e. The lowest BCUT2D eigenvalue weighted by atomic mass is 10.1. The SMILES string of the molecule is CC(=O)Nc1ccc(OC[C@](C)(O)C(=O)Nc2ccc([N+](C)=O)c(C(F)(F)F)c2)cc1. The van der Waals surface area contributed by atoms with E-state index in [2.05, 4.69) is 10.6 Å². The van der Waals surface area contributed by atoms with Gasteiger partial charge in [0.2, 0.25) is 5.91 Å². The molecule has 0 aliphatic heterocycles. The Hall–Kier alpha value is -3.47. The molecule has 0 spiro atoms. The second kappa shape index (κ2) is 9.13. The lowest BCUT2D eigenvalue weighted by molar-refractivity contribution is -0.430. The highest BCUT2D eigenvalue weighted by Gasteiger charge is 2.39. The first-order valence-electron chi connectivity index (χ1n) is 8.96. The lowest BCUT2D eigenvalue weighted by Gasteiger charge is -2.23. The van der Waals surface area contributed by atoms with Crippen molar-refractivity contribution in [1.82, 2.24) is 0 Å². The number of carbonyl (C=O) groups is 2. The molecule has 0 fully saturated rings. The average molecular weight is 440 g/mol. The van der Waals surface area contributed by atoms with E-state index in [1.165, 1.54) is 19.1 Å². The Morgan fingerprint density at radius 1 is 1.06 bits per heavy atom. The Kier molecular flexibility index (Phi) is 7.01. The number of amides is 2. The summed E-state index contributed by atoms with van der Waals surface area (Å²) in [6, 6.07) is 8.78. The number of halogens is 3. The van der Waals surface area contributed by atoms with Crippen molar-refractivity contribution < 1.29 is 37.4 Å². The van der Waals surface area contributed by atoms with Crippen LogP contribution in [0.5, 0.6) is 5.75 Å². The van der Waals surface area contributed by atoms with Gasteiger partial charge in [-0.15, -0.1) is 0 Å². The molecule has 31 heavy (non-hydrogen) atoms. The second-order valence-electron chi connectivity index (χ2n) is 6.95. The van der Waals surface area contributed by atoms with Gasteiger partial charge in [0.05, 0.1) is 0 Å². The van der Waals surface area contributed by atoms with Crippen molar-refractivity contribution in [2.45, 2.75) is 25.6 Å². The van der Waals surface area contributed by atoms with Crippen LogP contribution in [0, 0.1) is 4.91 Å². The first-order valence-corrected chi connectivity index (χ1v) is 8.96. The largest absolute Gasteiger partial charge is 0.490 e. The highest BCUT2D eigenvalue weighted by Crippen LogP contribution is 2.37. The van der Waals surface area contributed by atoms with Gasteiger partial charge in [0.25, 0.3) is 11.6 Å². The third-order valence-corrected chi connectivity index (χ3v) is 4.08. The Morgan fingerprint density at radius 3 is 2.16 bits per heavy atom. The van der Waals surface area contributed by atoms with E-state index >= 15 is 0 Å². The van der Waals surface area contributed by atoms with Crippen LogP contribution in [0.25, 0.3) is 0 Å². The summed E-state index contributed by atoms with van der Waals surface area (Å²) in [7, 11) is 0.924. The van der Waals surface area contributed by atoms with E-state index in [1.807, 2.05) is 0 Å². The van der Waals surface area contributed by atoms with Crippen molar-refractivity contribution in [3.8, 4) is 5.75 Å². The van der Waals surface area contributed by atoms with Crippen molar-refractivity contribution in [2.24, 2.45) is 0 Å². The Labute approximate surface area is 175 Å². The zero-order valence-electron chi connectivity index (χ0n) is 16.9. The van der Waals surface area contributed by atoms with Crippen LogP contribution in [0.4, 0.5) is 30.2 Å². The zero-order chi connectivity index (χ0) is 23.4. The van der Waals surface area contributed by atoms with Crippen LogP contribution >= 0.6 is 0 Å². The molecule has 166 valence electrons. The normalized spacial score (nSPS) is 13.1. The summed E-state index contributed by atoms with van der Waals surface area (Å²) in [6.45, 7) is 1.99. The third kappa shape index (κ3) is 6.51. The molecule has 2 rings (SSSR count). The van der Waals surface area contributed by atoms with Gasteiger partial charge >= 0.3 is 6.18 Å². The minimum absolute atomic E-state index is 0.0651. The van der Waals surface area contributed by atoms with Crippen LogP contribution in [0.1, 0.15) is 19.4 Å². The molecule has 3 N–H and O–H groups in total. The third-order valence-electron chi connectivity index (χ3n) is 4.08. The molecule has 2 aromatic rings. The fraction of sp³-hybridized carbons (Fsp3) is 0.300. The number of anilines is 2. The summed E-state index contributed by atoms with van der Waals surface area (Å²) >= 11 is 0. The second-order valence-corrected chi connectivity index (χ2v) is 6.95. The van der Waals surface area contributed by atoms with Gasteiger partial charge in [-0.3, -0.25) is 9.59 Å². The van der Waals surface area contributed by atoms with Gasteiger partial charge in [-0.25, -0.2) is 0 Å². The molecule has 1 atom stereocenters. The molecule has 0 saturated heterocycles. The number of hydrogen-bond acceptors (Lipinski definition) is 5. The summed E-state index contributed by atoms with van der Waals surface area (Å²) < 4.78 is 45.0. The number of nitrogens with one attached hydrogen (secondary N) is 2. The number of nitrogens with zero attached hydrogens (tertiary/aromatic N) is 1. The van der Waals surface area contributed by atoms with Crippen molar-refractivity contribution in [3.63, 3.8) is 0 Å². The number of aliphatic hydroxyl groups is 1. The van der Waals surface area contributed by atoms with Gasteiger partial charge in [0.15, 0.2) is 12.6 Å². The maximum absolute atomic E-state index is 13.2. The quantitative estimate of drug-likeness (QED) is 0.572. The van der Waals surface area contributed by atoms with Crippen molar-refractivity contribution in [2.75, 3.05) is 24.3 Å². The molecule has 2 amide bonds. The van der Waals surface area contributed by atoms with Crippen LogP contribution < -0.4 is 15.4 Å². The van der Waals surface area contributed by atoms with Crippen molar-refractivity contribution in [1.29, 1.82) is 0 Å². The predicted octanol–water partition coefficient (Wildman–Crippen LogP) is 3.47. The first-order chi connectivity index (χ1) is 14.3. The topological polar surface area (TPSA) is 108 Å². The number of nitroso groups, excluding NO2 is 1. The number of carbonyl (C=O) groups excluding carboxylic acids is 2. The number of benzene rings is 2. The maximum Gasteiger partial charge on any atom is 0.423 e. The van der Waals surface area contributed by atoms with Gasteiger partial charge in [-0.2, -0.15) is 13.2 Å². The average Bonchev–Trinajstić information content (AvgIpc) is 2.66. The summed E-state index contributed by atoms with van der Waals surface area (Å²) in [5, 5.41) is 15.1. The van der Waals surface area contributed by atoms with Gasteiger partial charge < -0.3 is 20.5 Å². The Balaban J connectivity index is 2.08. The van der Waals surface area contributed by atoms with E-state index in [1.54, 1.807) is 12.1 Å². The van der Waals surface area contributed by atoms with Crippen LogP contribution in [-0.4, -0.2) is 40.9 Å². The highest BCUT2D eigenvalue weighted by atomic mass is 19.4. The van der Waals surface area contributed by atoms with Gasteiger partial charge in [0, 0.05) is 34.0 Å². The molecule has 0 saturated carbocycles. The molecule has 0 aliphatic carbocycles. The summed E-state index contributed by atoms with van der Waals surface area (Å²) in [5.41, 5.74) is -3.64. The molecule has 8 nitrogen and oxygen atoms in total. The zero-order valence-corrected chi connectivity index (χ0v) is 16.9. The molecule has 11 heteroatoms. The standard InChI is InChI=1S/C20H20F3N3O5/c1-12(27)24-13-4-7-15(8-5-13)31-11-19(2,29)18(28)25-14-6-9-17(26(3)30)16(10-14)20(21,22)23/h4-10,29H,11H2,1-3H3,(H-,24,25,27,28,30)/p+1/t19-/m0/s1. The molecule has 0 aliphatic rings. The summed E-state index contributed by atoms with van der Waals surface area (Å²) in [5.74, 6) is -0.958. The molecule has 2 aromatic carbocycles. The summed E-state index contributed by atoms with van der Waals surface area (Å²) in [6.07, 6.45) is -4.82. The van der Waals surface area contributed by atoms with Crippen LogP contribution in [0.2, 0.25) is 0 Å². The first kappa shape index (κ1) is 23.8. The number of hydrogen-bond donors (Lipinski definition) is 3. The number of rotatable bonds is 7. The van der Waals surface area contributed by atoms with E-state index in [0.717, 1.165) is 26.1 Å². The fourth-order valence-corrected chi connectivity index (χ4v) is 2.51. The van der Waals surface area contributed by atoms with Crippen LogP contribution in [0.3, 0.4) is 0 Å². The molecule has 0 bridgehead atoms. The minimum Gasteiger partial charge on any atom is -0.490 e. The van der Waals surface area contributed by atoms with E-state index in [0.29, 0.717) is 17.5 Å². The van der Waals surface area contributed by atoms with Gasteiger partial charge in [-0.05, 0) is 43.3 Å². The van der Waals surface area contributed by atoms with E-state index < -0.39 is 35.5 Å². The van der Waals surface area contributed by atoms with E-state index in [9.17, 15) is 32.8 Å². The molecule has 0 aromatic heterocycles. The Morgan fingerprint density at radius 2 is 1.65 bits per heavy atom. The Bertz CT molecular complexity index is 989. The molecule has 0 radical (unpaired) electrons. The van der Waals surface area contributed by atoms with Gasteiger partial charge in [0.1, 0.15) is 17.9 Å². The van der Waals surface area contributed by atoms with E-state index in [4.69, 9.17) is 4.74 Å². The predicted molar refractivity (Wildman–Crippen MR) is 106 cm³/mol. The maximum atomic E-state index is 13.2. The monoisotopic (exact) mass is 440 g/mol. The van der Waals surface area contributed by atoms with Crippen LogP contribution in [0.15, 0.2) is 42.5 Å². The van der Waals surface area contributed by atoms with Crippen LogP contribution in [-0.2, 0) is 15.8 Å². The highest BCUT2D eigenvalue weighted by molar-refractivity contribution is 5.97. The lowest BCUT2D eigenvalue weighted by Crippen LogP contribution is -2.45. The molecule has 0 heterocycles. The van der Waals surface area contributed by atoms with Crippen molar-refractivity contribution >= 4 is 28.9 Å². The molecule has 0 unspecified atom stereocenters.